The van der Waals surface area contributed by atoms with Crippen LogP contribution in [0.25, 0.3) is 28.2 Å². The largest absolute Gasteiger partial charge is 0.381 e. The summed E-state index contributed by atoms with van der Waals surface area (Å²) in [6, 6.07) is 6.55. The fourth-order valence-electron chi connectivity index (χ4n) is 4.52. The van der Waals surface area contributed by atoms with Crippen LogP contribution in [-0.2, 0) is 11.3 Å². The molecule has 0 radical (unpaired) electrons. The third-order valence-corrected chi connectivity index (χ3v) is 6.33. The predicted octanol–water partition coefficient (Wildman–Crippen LogP) is 4.16. The topological polar surface area (TPSA) is 94.5 Å². The van der Waals surface area contributed by atoms with Gasteiger partial charge in [-0.2, -0.15) is 0 Å². The Kier molecular flexibility index (Phi) is 5.93. The number of hydrogen-bond acceptors (Lipinski definition) is 7. The Hall–Kier alpha value is -3.85. The van der Waals surface area contributed by atoms with Crippen molar-refractivity contribution in [2.75, 3.05) is 25.6 Å². The van der Waals surface area contributed by atoms with Crippen molar-refractivity contribution in [3.8, 4) is 11.5 Å². The van der Waals surface area contributed by atoms with Crippen molar-refractivity contribution in [1.82, 2.24) is 29.1 Å². The second-order valence-electron chi connectivity index (χ2n) is 8.37. The minimum absolute atomic E-state index is 0.489. The number of aromatic nitrogens is 6. The van der Waals surface area contributed by atoms with Crippen LogP contribution < -0.4 is 5.32 Å². The van der Waals surface area contributed by atoms with Gasteiger partial charge in [0, 0.05) is 26.5 Å². The lowest BCUT2D eigenvalue weighted by atomic mass is 9.91. The number of anilines is 1. The maximum absolute atomic E-state index is 5.55. The molecule has 1 aliphatic heterocycles. The number of imidazole rings is 1. The summed E-state index contributed by atoms with van der Waals surface area (Å²) in [7, 11) is 1.83. The van der Waals surface area contributed by atoms with Crippen LogP contribution in [0.4, 0.5) is 5.82 Å². The summed E-state index contributed by atoms with van der Waals surface area (Å²) in [5, 5.41) is 11.6. The van der Waals surface area contributed by atoms with Gasteiger partial charge in [-0.1, -0.05) is 18.7 Å². The first kappa shape index (κ1) is 22.0. The predicted molar refractivity (Wildman–Crippen MR) is 134 cm³/mol. The van der Waals surface area contributed by atoms with E-state index in [-0.39, 0.29) is 0 Å². The average Bonchev–Trinajstić information content (AvgIpc) is 3.43. The van der Waals surface area contributed by atoms with E-state index in [0.717, 1.165) is 54.4 Å². The van der Waals surface area contributed by atoms with E-state index in [1.54, 1.807) is 6.08 Å². The molecule has 0 amide bonds. The van der Waals surface area contributed by atoms with E-state index in [9.17, 15) is 0 Å². The van der Waals surface area contributed by atoms with Crippen LogP contribution in [-0.4, -0.2) is 56.1 Å². The number of hydrogen-bond donors (Lipinski definition) is 1. The van der Waals surface area contributed by atoms with E-state index in [0.29, 0.717) is 29.6 Å². The van der Waals surface area contributed by atoms with Gasteiger partial charge < -0.3 is 14.6 Å². The van der Waals surface area contributed by atoms with Crippen LogP contribution in [0.1, 0.15) is 30.1 Å². The Balaban J connectivity index is 1.70. The molecule has 4 heterocycles. The van der Waals surface area contributed by atoms with E-state index < -0.39 is 0 Å². The molecule has 0 atom stereocenters. The first-order valence-electron chi connectivity index (χ1n) is 11.4. The number of aryl methyl sites for hydroxylation is 1. The molecule has 34 heavy (non-hydrogen) atoms. The second-order valence-corrected chi connectivity index (χ2v) is 8.37. The SMILES string of the molecule is C=C/C=C(/Cn1c(-c2cn3c(C)nnc3c(NC)n2)nc2cc(C3CCOCC3)ccc21)N=C. The third-order valence-electron chi connectivity index (χ3n) is 6.33. The first-order valence-corrected chi connectivity index (χ1v) is 11.4. The molecule has 9 heteroatoms. The van der Waals surface area contributed by atoms with Crippen LogP contribution in [0, 0.1) is 6.92 Å². The quantitative estimate of drug-likeness (QED) is 0.332. The Morgan fingerprint density at radius 3 is 2.82 bits per heavy atom. The highest BCUT2D eigenvalue weighted by Gasteiger charge is 2.21. The molecule has 1 aliphatic rings. The zero-order chi connectivity index (χ0) is 23.7. The van der Waals surface area contributed by atoms with Crippen molar-refractivity contribution >= 4 is 29.2 Å². The van der Waals surface area contributed by atoms with Gasteiger partial charge >= 0.3 is 0 Å². The standard InChI is InChI=1S/C25H28N8O/c1-5-6-19(26-3)14-33-22-8-7-18(17-9-11-34-12-10-17)13-20(22)29-24(33)21-15-32-16(2)30-31-25(32)23(27-4)28-21/h5-8,13,15,17H,1,3,9-12,14H2,2,4H3,(H,27,28)/b19-6-. The Morgan fingerprint density at radius 1 is 1.26 bits per heavy atom. The first-order chi connectivity index (χ1) is 16.6. The lowest BCUT2D eigenvalue weighted by Gasteiger charge is -2.22. The van der Waals surface area contributed by atoms with Gasteiger partial charge in [0.2, 0.25) is 5.65 Å². The van der Waals surface area contributed by atoms with Crippen molar-refractivity contribution in [3.05, 3.63) is 60.2 Å². The van der Waals surface area contributed by atoms with Crippen molar-refractivity contribution in [1.29, 1.82) is 0 Å². The van der Waals surface area contributed by atoms with Crippen molar-refractivity contribution in [2.24, 2.45) is 4.99 Å². The average molecular weight is 457 g/mol. The normalized spacial score (nSPS) is 15.2. The molecule has 0 bridgehead atoms. The number of aliphatic imine (C=N–C) groups is 1. The van der Waals surface area contributed by atoms with Gasteiger partial charge in [-0.15, -0.1) is 10.2 Å². The zero-order valence-corrected chi connectivity index (χ0v) is 19.5. The van der Waals surface area contributed by atoms with Gasteiger partial charge in [0.25, 0.3) is 0 Å². The Morgan fingerprint density at radius 2 is 2.09 bits per heavy atom. The molecular formula is C25H28N8O. The molecule has 9 nitrogen and oxygen atoms in total. The molecule has 0 unspecified atom stereocenters. The minimum atomic E-state index is 0.489. The summed E-state index contributed by atoms with van der Waals surface area (Å²) in [4.78, 5) is 14.1. The fourth-order valence-corrected chi connectivity index (χ4v) is 4.52. The van der Waals surface area contributed by atoms with Gasteiger partial charge in [-0.3, -0.25) is 9.39 Å². The molecule has 1 N–H and O–H groups in total. The maximum atomic E-state index is 5.55. The molecule has 5 rings (SSSR count). The van der Waals surface area contributed by atoms with E-state index >= 15 is 0 Å². The zero-order valence-electron chi connectivity index (χ0n) is 19.5. The van der Waals surface area contributed by atoms with Crippen LogP contribution in [0.2, 0.25) is 0 Å². The summed E-state index contributed by atoms with van der Waals surface area (Å²) in [5.74, 6) is 2.65. The van der Waals surface area contributed by atoms with E-state index in [1.165, 1.54) is 5.56 Å². The number of rotatable bonds is 7. The summed E-state index contributed by atoms with van der Waals surface area (Å²) in [6.45, 7) is 11.6. The van der Waals surface area contributed by atoms with Gasteiger partial charge in [0.05, 0.1) is 23.3 Å². The Labute approximate surface area is 197 Å². The lowest BCUT2D eigenvalue weighted by Crippen LogP contribution is -2.14. The molecule has 1 saturated heterocycles. The van der Waals surface area contributed by atoms with Crippen LogP contribution in [0.5, 0.6) is 0 Å². The molecule has 174 valence electrons. The monoisotopic (exact) mass is 456 g/mol. The summed E-state index contributed by atoms with van der Waals surface area (Å²) in [5.41, 5.74) is 5.41. The van der Waals surface area contributed by atoms with Gasteiger partial charge in [-0.25, -0.2) is 9.97 Å². The highest BCUT2D eigenvalue weighted by atomic mass is 16.5. The highest BCUT2D eigenvalue weighted by molar-refractivity contribution is 5.81. The highest BCUT2D eigenvalue weighted by Crippen LogP contribution is 2.32. The molecule has 0 spiro atoms. The third kappa shape index (κ3) is 3.88. The molecular weight excluding hydrogens is 428 g/mol. The minimum Gasteiger partial charge on any atom is -0.381 e. The second kappa shape index (κ2) is 9.18. The number of nitrogens with zero attached hydrogens (tertiary/aromatic N) is 7. The molecule has 1 aromatic carbocycles. The molecule has 0 aliphatic carbocycles. The number of benzene rings is 1. The maximum Gasteiger partial charge on any atom is 0.203 e. The Bertz CT molecular complexity index is 1410. The molecule has 4 aromatic rings. The van der Waals surface area contributed by atoms with E-state index in [2.05, 4.69) is 56.6 Å². The van der Waals surface area contributed by atoms with Gasteiger partial charge in [0.1, 0.15) is 11.5 Å². The lowest BCUT2D eigenvalue weighted by molar-refractivity contribution is 0.0853. The van der Waals surface area contributed by atoms with Crippen molar-refractivity contribution < 1.29 is 4.74 Å². The number of nitrogens with one attached hydrogen (secondary N) is 1. The fraction of sp³-hybridized carbons (Fsp3) is 0.320. The van der Waals surface area contributed by atoms with Gasteiger partial charge in [0.15, 0.2) is 11.6 Å². The van der Waals surface area contributed by atoms with Crippen molar-refractivity contribution in [2.45, 2.75) is 32.2 Å². The van der Waals surface area contributed by atoms with Crippen LogP contribution in [0.15, 0.2) is 53.8 Å². The summed E-state index contributed by atoms with van der Waals surface area (Å²) < 4.78 is 9.61. The molecule has 3 aromatic heterocycles. The van der Waals surface area contributed by atoms with Gasteiger partial charge in [-0.05, 0) is 56.2 Å². The number of fused-ring (bicyclic) bond motifs is 2. The van der Waals surface area contributed by atoms with Crippen molar-refractivity contribution in [3.63, 3.8) is 0 Å². The molecule has 1 fully saturated rings. The molecule has 0 saturated carbocycles. The number of ether oxygens (including phenoxy) is 1. The van der Waals surface area contributed by atoms with Crippen LogP contribution in [0.3, 0.4) is 0 Å². The van der Waals surface area contributed by atoms with E-state index in [1.807, 2.05) is 30.6 Å². The smallest absolute Gasteiger partial charge is 0.203 e. The van der Waals surface area contributed by atoms with Crippen LogP contribution >= 0.6 is 0 Å². The van der Waals surface area contributed by atoms with E-state index in [4.69, 9.17) is 14.7 Å². The number of allylic oxidation sites excluding steroid dienone is 3. The summed E-state index contributed by atoms with van der Waals surface area (Å²) in [6.07, 6.45) is 7.57. The summed E-state index contributed by atoms with van der Waals surface area (Å²) >= 11 is 0.